The van der Waals surface area contributed by atoms with Crippen LogP contribution in [0.4, 0.5) is 0 Å². The second-order valence-electron chi connectivity index (χ2n) is 6.50. The van der Waals surface area contributed by atoms with Gasteiger partial charge in [0, 0.05) is 18.7 Å². The van der Waals surface area contributed by atoms with E-state index >= 15 is 0 Å². The van der Waals surface area contributed by atoms with Crippen molar-refractivity contribution in [1.82, 2.24) is 25.1 Å². The molecule has 0 radical (unpaired) electrons. The first-order valence-electron chi connectivity index (χ1n) is 9.02. The Balaban J connectivity index is 1.28. The Kier molecular flexibility index (Phi) is 5.09. The van der Waals surface area contributed by atoms with Gasteiger partial charge in [-0.25, -0.2) is 4.79 Å². The highest BCUT2D eigenvalue weighted by molar-refractivity contribution is 5.80. The Morgan fingerprint density at radius 2 is 1.75 bits per heavy atom. The summed E-state index contributed by atoms with van der Waals surface area (Å²) < 4.78 is 5.11. The molecule has 0 aliphatic carbocycles. The number of esters is 1. The van der Waals surface area contributed by atoms with E-state index in [9.17, 15) is 9.59 Å². The van der Waals surface area contributed by atoms with Crippen LogP contribution in [0.5, 0.6) is 0 Å². The molecular formula is C20H19N5O3. The molecule has 3 aromatic rings. The van der Waals surface area contributed by atoms with Crippen molar-refractivity contribution < 1.29 is 14.3 Å². The van der Waals surface area contributed by atoms with E-state index in [1.807, 2.05) is 48.5 Å². The van der Waals surface area contributed by atoms with E-state index in [1.54, 1.807) is 4.90 Å². The monoisotopic (exact) mass is 377 g/mol. The molecule has 0 spiro atoms. The van der Waals surface area contributed by atoms with E-state index in [0.717, 1.165) is 22.3 Å². The molecule has 8 nitrogen and oxygen atoms in total. The van der Waals surface area contributed by atoms with Gasteiger partial charge in [-0.3, -0.25) is 4.79 Å². The molecule has 4 rings (SSSR count). The molecule has 0 saturated carbocycles. The quantitative estimate of drug-likeness (QED) is 0.626. The first-order chi connectivity index (χ1) is 13.7. The minimum Gasteiger partial charge on any atom is -0.454 e. The van der Waals surface area contributed by atoms with Gasteiger partial charge in [-0.2, -0.15) is 4.80 Å². The molecule has 0 N–H and O–H groups in total. The zero-order chi connectivity index (χ0) is 19.3. The second-order valence-corrected chi connectivity index (χ2v) is 6.50. The van der Waals surface area contributed by atoms with Crippen molar-refractivity contribution in [2.24, 2.45) is 0 Å². The predicted octanol–water partition coefficient (Wildman–Crippen LogP) is 1.47. The number of ether oxygens (including phenoxy) is 1. The van der Waals surface area contributed by atoms with Crippen LogP contribution < -0.4 is 0 Å². The van der Waals surface area contributed by atoms with Gasteiger partial charge in [0.1, 0.15) is 0 Å². The topological polar surface area (TPSA) is 90.2 Å². The summed E-state index contributed by atoms with van der Waals surface area (Å²) >= 11 is 0. The van der Waals surface area contributed by atoms with Crippen LogP contribution in [0.3, 0.4) is 0 Å². The number of fused-ring (bicyclic) bond motifs is 1. The van der Waals surface area contributed by atoms with Gasteiger partial charge in [-0.1, -0.05) is 54.6 Å². The van der Waals surface area contributed by atoms with Gasteiger partial charge < -0.3 is 9.64 Å². The number of hydrogen-bond donors (Lipinski definition) is 0. The number of rotatable bonds is 5. The van der Waals surface area contributed by atoms with Crippen molar-refractivity contribution in [3.8, 4) is 11.4 Å². The number of carbonyl (C=O) groups excluding carboxylic acids is 2. The lowest BCUT2D eigenvalue weighted by atomic mass is 10.00. The molecule has 0 atom stereocenters. The number of amides is 1. The minimum atomic E-state index is -0.581. The van der Waals surface area contributed by atoms with Crippen molar-refractivity contribution in [2.75, 3.05) is 13.2 Å². The number of carbonyl (C=O) groups is 2. The fourth-order valence-corrected chi connectivity index (χ4v) is 3.12. The van der Waals surface area contributed by atoms with E-state index in [0.29, 0.717) is 18.9 Å². The van der Waals surface area contributed by atoms with Crippen LogP contribution >= 0.6 is 0 Å². The van der Waals surface area contributed by atoms with Crippen LogP contribution in [0.1, 0.15) is 11.1 Å². The Labute approximate surface area is 161 Å². The van der Waals surface area contributed by atoms with Crippen LogP contribution in [0, 0.1) is 0 Å². The van der Waals surface area contributed by atoms with Gasteiger partial charge in [0.15, 0.2) is 13.2 Å². The molecule has 8 heteroatoms. The maximum Gasteiger partial charge on any atom is 0.330 e. The molecule has 2 heterocycles. The summed E-state index contributed by atoms with van der Waals surface area (Å²) in [6.07, 6.45) is 0.807. The Bertz CT molecular complexity index is 986. The lowest BCUT2D eigenvalue weighted by Gasteiger charge is -2.28. The molecule has 1 aliphatic heterocycles. The largest absolute Gasteiger partial charge is 0.454 e. The molecule has 0 saturated heterocycles. The first kappa shape index (κ1) is 17.8. The van der Waals surface area contributed by atoms with E-state index < -0.39 is 5.97 Å². The van der Waals surface area contributed by atoms with Crippen molar-refractivity contribution in [3.63, 3.8) is 0 Å². The van der Waals surface area contributed by atoms with Gasteiger partial charge in [0.2, 0.25) is 5.82 Å². The summed E-state index contributed by atoms with van der Waals surface area (Å²) in [4.78, 5) is 27.2. The molecule has 1 aliphatic rings. The summed E-state index contributed by atoms with van der Waals surface area (Å²) in [6, 6.07) is 17.4. The SMILES string of the molecule is O=C(Cn1nnc(-c2ccccc2)n1)OCC(=O)N1CCc2ccccc2C1. The molecule has 142 valence electrons. The fraction of sp³-hybridized carbons (Fsp3) is 0.250. The zero-order valence-electron chi connectivity index (χ0n) is 15.2. The van der Waals surface area contributed by atoms with Crippen LogP contribution in [-0.4, -0.2) is 50.1 Å². The fourth-order valence-electron chi connectivity index (χ4n) is 3.12. The van der Waals surface area contributed by atoms with Crippen LogP contribution in [0.15, 0.2) is 54.6 Å². The number of tetrazole rings is 1. The third-order valence-corrected chi connectivity index (χ3v) is 4.60. The lowest BCUT2D eigenvalue weighted by molar-refractivity contribution is -0.153. The van der Waals surface area contributed by atoms with E-state index in [1.165, 1.54) is 5.56 Å². The Hall–Kier alpha value is -3.55. The molecular weight excluding hydrogens is 358 g/mol. The lowest BCUT2D eigenvalue weighted by Crippen LogP contribution is -2.38. The number of nitrogens with zero attached hydrogens (tertiary/aromatic N) is 5. The Morgan fingerprint density at radius 3 is 2.57 bits per heavy atom. The average molecular weight is 377 g/mol. The van der Waals surface area contributed by atoms with Gasteiger partial charge in [-0.15, -0.1) is 10.2 Å². The van der Waals surface area contributed by atoms with Gasteiger partial charge in [0.05, 0.1) is 0 Å². The molecule has 0 fully saturated rings. The number of benzene rings is 2. The highest BCUT2D eigenvalue weighted by atomic mass is 16.5. The van der Waals surface area contributed by atoms with E-state index in [4.69, 9.17) is 4.74 Å². The first-order valence-corrected chi connectivity index (χ1v) is 9.02. The second kappa shape index (κ2) is 7.99. The van der Waals surface area contributed by atoms with Crippen LogP contribution in [-0.2, 0) is 33.8 Å². The number of aromatic nitrogens is 4. The highest BCUT2D eigenvalue weighted by Crippen LogP contribution is 2.18. The molecule has 0 bridgehead atoms. The highest BCUT2D eigenvalue weighted by Gasteiger charge is 2.21. The number of hydrogen-bond acceptors (Lipinski definition) is 6. The maximum absolute atomic E-state index is 12.4. The average Bonchev–Trinajstić information content (AvgIpc) is 3.20. The summed E-state index contributed by atoms with van der Waals surface area (Å²) in [5, 5.41) is 11.9. The summed E-state index contributed by atoms with van der Waals surface area (Å²) in [7, 11) is 0. The molecule has 1 aromatic heterocycles. The third-order valence-electron chi connectivity index (χ3n) is 4.60. The van der Waals surface area contributed by atoms with Crippen molar-refractivity contribution in [2.45, 2.75) is 19.5 Å². The van der Waals surface area contributed by atoms with Crippen LogP contribution in [0.2, 0.25) is 0 Å². The van der Waals surface area contributed by atoms with Crippen molar-refractivity contribution >= 4 is 11.9 Å². The van der Waals surface area contributed by atoms with Crippen molar-refractivity contribution in [1.29, 1.82) is 0 Å². The molecule has 2 aromatic carbocycles. The third kappa shape index (κ3) is 4.06. The molecule has 1 amide bonds. The van der Waals surface area contributed by atoms with Gasteiger partial charge >= 0.3 is 5.97 Å². The van der Waals surface area contributed by atoms with Gasteiger partial charge in [-0.05, 0) is 22.8 Å². The predicted molar refractivity (Wildman–Crippen MR) is 99.8 cm³/mol. The van der Waals surface area contributed by atoms with E-state index in [2.05, 4.69) is 21.5 Å². The normalized spacial score (nSPS) is 13.1. The summed E-state index contributed by atoms with van der Waals surface area (Å²) in [5.74, 6) is -0.362. The summed E-state index contributed by atoms with van der Waals surface area (Å²) in [5.41, 5.74) is 3.20. The van der Waals surface area contributed by atoms with Crippen LogP contribution in [0.25, 0.3) is 11.4 Å². The standard InChI is InChI=1S/C20H19N5O3/c26-18(24-11-10-15-6-4-5-9-17(15)12-24)14-28-19(27)13-25-22-20(21-23-25)16-7-2-1-3-8-16/h1-9H,10-14H2. The Morgan fingerprint density at radius 1 is 1.00 bits per heavy atom. The van der Waals surface area contributed by atoms with E-state index in [-0.39, 0.29) is 19.1 Å². The van der Waals surface area contributed by atoms with Gasteiger partial charge in [0.25, 0.3) is 5.91 Å². The zero-order valence-corrected chi connectivity index (χ0v) is 15.2. The minimum absolute atomic E-state index is 0.198. The molecule has 28 heavy (non-hydrogen) atoms. The smallest absolute Gasteiger partial charge is 0.330 e. The summed E-state index contributed by atoms with van der Waals surface area (Å²) in [6.45, 7) is 0.674. The molecule has 0 unspecified atom stereocenters. The van der Waals surface area contributed by atoms with Crippen molar-refractivity contribution in [3.05, 3.63) is 65.7 Å². The maximum atomic E-state index is 12.4.